The van der Waals surface area contributed by atoms with Crippen molar-refractivity contribution in [1.29, 1.82) is 0 Å². The Morgan fingerprint density at radius 1 is 1.39 bits per heavy atom. The predicted octanol–water partition coefficient (Wildman–Crippen LogP) is 4.75. The number of halogens is 1. The number of carbonyl (C=O) groups excluding carboxylic acids is 1. The maximum atomic E-state index is 14.1. The summed E-state index contributed by atoms with van der Waals surface area (Å²) >= 11 is -1.39. The molecule has 2 heterocycles. The Labute approximate surface area is 185 Å². The van der Waals surface area contributed by atoms with E-state index in [1.54, 1.807) is 11.0 Å². The normalized spacial score (nSPS) is 17.5. The molecule has 1 saturated heterocycles. The van der Waals surface area contributed by atoms with Crippen molar-refractivity contribution >= 4 is 17.3 Å². The monoisotopic (exact) mass is 451 g/mol. The van der Waals surface area contributed by atoms with E-state index in [-0.39, 0.29) is 16.9 Å². The lowest BCUT2D eigenvalue weighted by molar-refractivity contribution is 0.0178. The molecule has 1 aromatic carbocycles. The zero-order valence-electron chi connectivity index (χ0n) is 18.7. The number of hydrogen-bond donors (Lipinski definition) is 0. The topological polar surface area (TPSA) is 91.5 Å². The van der Waals surface area contributed by atoms with Gasteiger partial charge in [0.25, 0.3) is 0 Å². The fourth-order valence-electron chi connectivity index (χ4n) is 3.70. The van der Waals surface area contributed by atoms with E-state index < -0.39 is 22.6 Å². The van der Waals surface area contributed by atoms with Crippen LogP contribution in [0.15, 0.2) is 27.6 Å². The van der Waals surface area contributed by atoms with Crippen LogP contribution in [0, 0.1) is 11.7 Å². The van der Waals surface area contributed by atoms with Crippen molar-refractivity contribution in [3.8, 4) is 11.4 Å². The van der Waals surface area contributed by atoms with E-state index in [9.17, 15) is 13.7 Å². The van der Waals surface area contributed by atoms with E-state index >= 15 is 0 Å². The SMILES string of the molecule is CC(CC1CCN(C(=O)OC(C)(C)C)CC1)c1nc(-c2ccc([S+](C)[O-])c(F)c2)no1. The lowest BCUT2D eigenvalue weighted by Crippen LogP contribution is -2.41. The molecule has 2 unspecified atom stereocenters. The number of benzene rings is 1. The van der Waals surface area contributed by atoms with Gasteiger partial charge in [0.15, 0.2) is 10.7 Å². The van der Waals surface area contributed by atoms with Gasteiger partial charge >= 0.3 is 6.09 Å². The summed E-state index contributed by atoms with van der Waals surface area (Å²) in [7, 11) is 0. The van der Waals surface area contributed by atoms with E-state index in [4.69, 9.17) is 9.26 Å². The van der Waals surface area contributed by atoms with Gasteiger partial charge < -0.3 is 18.7 Å². The van der Waals surface area contributed by atoms with Crippen LogP contribution in [0.4, 0.5) is 9.18 Å². The van der Waals surface area contributed by atoms with Gasteiger partial charge in [0.1, 0.15) is 11.9 Å². The second-order valence-corrected chi connectivity index (χ2v) is 10.5. The summed E-state index contributed by atoms with van der Waals surface area (Å²) in [4.78, 5) is 18.6. The number of ether oxygens (including phenoxy) is 1. The standard InChI is InChI=1S/C22H30FN3O4S/c1-14(12-15-8-10-26(11-9-15)21(27)29-22(2,3)4)20-24-19(25-30-20)16-6-7-18(31(5)28)17(23)13-16/h6-7,13-15H,8-12H2,1-5H3. The Morgan fingerprint density at radius 2 is 2.06 bits per heavy atom. The molecule has 2 atom stereocenters. The molecule has 31 heavy (non-hydrogen) atoms. The Morgan fingerprint density at radius 3 is 2.65 bits per heavy atom. The van der Waals surface area contributed by atoms with Crippen LogP contribution in [0.1, 0.15) is 58.8 Å². The molecule has 0 aliphatic carbocycles. The Kier molecular flexibility index (Phi) is 7.26. The largest absolute Gasteiger partial charge is 0.612 e. The molecule has 7 nitrogen and oxygen atoms in total. The third kappa shape index (κ3) is 6.20. The van der Waals surface area contributed by atoms with E-state index in [1.165, 1.54) is 18.4 Å². The highest BCUT2D eigenvalue weighted by molar-refractivity contribution is 7.90. The molecule has 2 aromatic rings. The van der Waals surface area contributed by atoms with Crippen LogP contribution >= 0.6 is 0 Å². The van der Waals surface area contributed by atoms with Crippen molar-refractivity contribution < 1.29 is 23.0 Å². The number of likely N-dealkylation sites (tertiary alicyclic amines) is 1. The summed E-state index contributed by atoms with van der Waals surface area (Å²) < 4.78 is 36.5. The minimum atomic E-state index is -1.39. The molecular weight excluding hydrogens is 421 g/mol. The maximum absolute atomic E-state index is 14.1. The first-order chi connectivity index (χ1) is 14.5. The first-order valence-electron chi connectivity index (χ1n) is 10.5. The summed E-state index contributed by atoms with van der Waals surface area (Å²) in [5.74, 6) is 0.767. The van der Waals surface area contributed by atoms with E-state index in [2.05, 4.69) is 10.1 Å². The molecule has 170 valence electrons. The molecule has 1 aromatic heterocycles. The van der Waals surface area contributed by atoms with Gasteiger partial charge in [-0.05, 0) is 75.3 Å². The number of carbonyl (C=O) groups is 1. The summed E-state index contributed by atoms with van der Waals surface area (Å²) in [6.45, 7) is 8.97. The highest BCUT2D eigenvalue weighted by atomic mass is 32.2. The Bertz CT molecular complexity index is 904. The quantitative estimate of drug-likeness (QED) is 0.609. The highest BCUT2D eigenvalue weighted by Crippen LogP contribution is 2.31. The van der Waals surface area contributed by atoms with Crippen molar-refractivity contribution in [2.24, 2.45) is 5.92 Å². The number of nitrogens with zero attached hydrogens (tertiary/aromatic N) is 3. The van der Waals surface area contributed by atoms with Crippen LogP contribution in [0.5, 0.6) is 0 Å². The van der Waals surface area contributed by atoms with Gasteiger partial charge in [-0.25, -0.2) is 9.18 Å². The van der Waals surface area contributed by atoms with Crippen molar-refractivity contribution in [3.05, 3.63) is 29.9 Å². The zero-order chi connectivity index (χ0) is 22.8. The van der Waals surface area contributed by atoms with Gasteiger partial charge in [0.05, 0.1) is 0 Å². The third-order valence-corrected chi connectivity index (χ3v) is 6.27. The summed E-state index contributed by atoms with van der Waals surface area (Å²) in [6, 6.07) is 4.41. The van der Waals surface area contributed by atoms with Gasteiger partial charge in [-0.3, -0.25) is 0 Å². The lowest BCUT2D eigenvalue weighted by atomic mass is 9.88. The van der Waals surface area contributed by atoms with Crippen LogP contribution in [0.2, 0.25) is 0 Å². The predicted molar refractivity (Wildman–Crippen MR) is 116 cm³/mol. The third-order valence-electron chi connectivity index (χ3n) is 5.32. The zero-order valence-corrected chi connectivity index (χ0v) is 19.5. The van der Waals surface area contributed by atoms with Gasteiger partial charge in [-0.2, -0.15) is 4.98 Å². The Hall–Kier alpha value is -2.13. The Balaban J connectivity index is 1.56. The number of rotatable bonds is 5. The molecule has 3 rings (SSSR count). The van der Waals surface area contributed by atoms with Gasteiger partial charge in [-0.15, -0.1) is 0 Å². The van der Waals surface area contributed by atoms with Crippen molar-refractivity contribution in [2.45, 2.75) is 63.4 Å². The second kappa shape index (κ2) is 9.56. The van der Waals surface area contributed by atoms with Crippen LogP contribution in [0.25, 0.3) is 11.4 Å². The van der Waals surface area contributed by atoms with Gasteiger partial charge in [0, 0.05) is 24.6 Å². The van der Waals surface area contributed by atoms with Crippen LogP contribution in [-0.4, -0.2) is 50.6 Å². The molecule has 1 fully saturated rings. The maximum Gasteiger partial charge on any atom is 0.410 e. The molecule has 0 saturated carbocycles. The molecule has 9 heteroatoms. The summed E-state index contributed by atoms with van der Waals surface area (Å²) in [5.41, 5.74) is -0.00539. The molecule has 0 spiro atoms. The number of piperidine rings is 1. The van der Waals surface area contributed by atoms with Crippen LogP contribution < -0.4 is 0 Å². The number of hydrogen-bond acceptors (Lipinski definition) is 6. The first-order valence-corrected chi connectivity index (χ1v) is 12.0. The first kappa shape index (κ1) is 23.5. The number of aromatic nitrogens is 2. The van der Waals surface area contributed by atoms with Crippen molar-refractivity contribution in [2.75, 3.05) is 19.3 Å². The molecule has 0 N–H and O–H groups in total. The minimum absolute atomic E-state index is 0.0478. The smallest absolute Gasteiger partial charge is 0.410 e. The molecule has 0 bridgehead atoms. The van der Waals surface area contributed by atoms with Crippen molar-refractivity contribution in [3.63, 3.8) is 0 Å². The second-order valence-electron chi connectivity index (χ2n) is 9.10. The fourth-order valence-corrected chi connectivity index (χ4v) is 4.30. The summed E-state index contributed by atoms with van der Waals surface area (Å²) in [6.07, 6.45) is 3.83. The van der Waals surface area contributed by atoms with Gasteiger partial charge in [0.2, 0.25) is 11.7 Å². The molecule has 0 radical (unpaired) electrons. The summed E-state index contributed by atoms with van der Waals surface area (Å²) in [5, 5.41) is 3.99. The van der Waals surface area contributed by atoms with E-state index in [0.29, 0.717) is 36.3 Å². The van der Waals surface area contributed by atoms with Crippen LogP contribution in [0.3, 0.4) is 0 Å². The average Bonchev–Trinajstić information content (AvgIpc) is 3.17. The minimum Gasteiger partial charge on any atom is -0.612 e. The highest BCUT2D eigenvalue weighted by Gasteiger charge is 2.29. The lowest BCUT2D eigenvalue weighted by Gasteiger charge is -2.34. The van der Waals surface area contributed by atoms with E-state index in [0.717, 1.165) is 19.3 Å². The van der Waals surface area contributed by atoms with Gasteiger partial charge in [-0.1, -0.05) is 12.1 Å². The number of amides is 1. The molecule has 1 aliphatic heterocycles. The molecule has 1 amide bonds. The molecular formula is C22H30FN3O4S. The molecule has 1 aliphatic rings. The van der Waals surface area contributed by atoms with E-state index in [1.807, 2.05) is 27.7 Å². The van der Waals surface area contributed by atoms with Crippen molar-refractivity contribution in [1.82, 2.24) is 15.0 Å². The fraction of sp³-hybridized carbons (Fsp3) is 0.591. The average molecular weight is 452 g/mol. The van der Waals surface area contributed by atoms with Crippen LogP contribution in [-0.2, 0) is 15.9 Å².